The third-order valence-electron chi connectivity index (χ3n) is 13.6. The number of allylic oxidation sites excluding steroid dienone is 21. The van der Waals surface area contributed by atoms with Crippen molar-refractivity contribution in [2.24, 2.45) is 0 Å². The fourth-order valence-electron chi connectivity index (χ4n) is 8.57. The Labute approximate surface area is 498 Å². The van der Waals surface area contributed by atoms with Crippen LogP contribution in [0.1, 0.15) is 252 Å². The second-order valence-electron chi connectivity index (χ2n) is 22.5. The van der Waals surface area contributed by atoms with Gasteiger partial charge in [-0.05, 0) is 128 Å². The molecule has 0 aromatic heterocycles. The van der Waals surface area contributed by atoms with Gasteiger partial charge in [0.05, 0.1) is 33.8 Å². The van der Waals surface area contributed by atoms with E-state index in [1.807, 2.05) is 33.3 Å². The Kier molecular flexibility index (Phi) is 56.5. The van der Waals surface area contributed by atoms with Crippen molar-refractivity contribution in [3.8, 4) is 0 Å². The number of phosphoric acid groups is 1. The van der Waals surface area contributed by atoms with Crippen molar-refractivity contribution in [1.29, 1.82) is 0 Å². The molecule has 0 aliphatic carbocycles. The summed E-state index contributed by atoms with van der Waals surface area (Å²) in [4.78, 5) is 40.0. The second-order valence-corrected chi connectivity index (χ2v) is 23.9. The van der Waals surface area contributed by atoms with Crippen LogP contribution in [0.2, 0.25) is 0 Å². The summed E-state index contributed by atoms with van der Waals surface area (Å²) in [6, 6.07) is -0.921. The van der Waals surface area contributed by atoms with Gasteiger partial charge in [-0.25, -0.2) is 0 Å². The van der Waals surface area contributed by atoms with Crippen molar-refractivity contribution in [3.05, 3.63) is 134 Å². The average molecular weight is 1150 g/mol. The number of hydrogen-bond acceptors (Lipinski definition) is 7. The maximum Gasteiger partial charge on any atom is 0.306 e. The van der Waals surface area contributed by atoms with Gasteiger partial charge in [0.25, 0.3) is 7.82 Å². The molecule has 0 saturated heterocycles. The van der Waals surface area contributed by atoms with E-state index in [0.29, 0.717) is 23.9 Å². The topological polar surface area (TPSA) is 114 Å². The van der Waals surface area contributed by atoms with Crippen LogP contribution >= 0.6 is 7.82 Å². The van der Waals surface area contributed by atoms with Gasteiger partial charge < -0.3 is 28.5 Å². The zero-order chi connectivity index (χ0) is 59.3. The number of carbonyl (C=O) groups excluding carboxylic acids is 2. The van der Waals surface area contributed by atoms with Gasteiger partial charge in [-0.3, -0.25) is 14.2 Å². The summed E-state index contributed by atoms with van der Waals surface area (Å²) >= 11 is 0. The summed E-state index contributed by atoms with van der Waals surface area (Å²) in [5.74, 6) is -0.604. The van der Waals surface area contributed by atoms with Crippen LogP contribution < -0.4 is 10.2 Å². The lowest BCUT2D eigenvalue weighted by Gasteiger charge is -2.30. The number of likely N-dealkylation sites (N-methyl/N-ethyl adjacent to an activating group) is 1. The summed E-state index contributed by atoms with van der Waals surface area (Å²) in [5, 5.41) is 3.00. The highest BCUT2D eigenvalue weighted by molar-refractivity contribution is 7.45. The van der Waals surface area contributed by atoms with Gasteiger partial charge in [0.2, 0.25) is 5.91 Å². The summed E-state index contributed by atoms with van der Waals surface area (Å²) in [7, 11) is 1.13. The monoisotopic (exact) mass is 1140 g/mol. The summed E-state index contributed by atoms with van der Waals surface area (Å²) in [6.07, 6.45) is 84.2. The lowest BCUT2D eigenvalue weighted by atomic mass is 10.1. The smallest absolute Gasteiger partial charge is 0.306 e. The molecule has 1 N–H and O–H groups in total. The molecule has 3 atom stereocenters. The fourth-order valence-corrected chi connectivity index (χ4v) is 9.29. The zero-order valence-corrected chi connectivity index (χ0v) is 53.6. The van der Waals surface area contributed by atoms with E-state index >= 15 is 0 Å². The first kappa shape index (κ1) is 77.2. The summed E-state index contributed by atoms with van der Waals surface area (Å²) < 4.78 is 30.3. The first-order valence-electron chi connectivity index (χ1n) is 32.5. The number of ether oxygens (including phenoxy) is 1. The Balaban J connectivity index is 5.25. The van der Waals surface area contributed by atoms with Crippen molar-refractivity contribution < 1.29 is 37.3 Å². The molecular formula is C71H121N2O7P. The molecule has 462 valence electrons. The number of quaternary nitrogens is 1. The summed E-state index contributed by atoms with van der Waals surface area (Å²) in [5.41, 5.74) is 0. The molecule has 0 aromatic rings. The SMILES string of the molecule is CC/C=C\C/C=C\C/C=C\C/C=C\C/C=C\C/C=C\CCCCCCCCC(=O)OC(/C=C\CCCCCCCCCCC)C(COP(=O)([O-])OCC[N+](C)(C)C)NC(=O)CCCCC/C=C\C/C=C\C/C=C\C/C=C\CCCCC. The highest BCUT2D eigenvalue weighted by atomic mass is 31.2. The number of rotatable bonds is 57. The molecule has 0 radical (unpaired) electrons. The van der Waals surface area contributed by atoms with Crippen LogP contribution in [0, 0.1) is 0 Å². The van der Waals surface area contributed by atoms with Gasteiger partial charge in [-0.2, -0.15) is 0 Å². The maximum absolute atomic E-state index is 13.5. The average Bonchev–Trinajstić information content (AvgIpc) is 3.43. The Morgan fingerprint density at radius 2 is 0.790 bits per heavy atom. The van der Waals surface area contributed by atoms with Crippen LogP contribution in [0.3, 0.4) is 0 Å². The van der Waals surface area contributed by atoms with E-state index in [1.165, 1.54) is 70.6 Å². The van der Waals surface area contributed by atoms with Crippen molar-refractivity contribution >= 4 is 19.7 Å². The second kappa shape index (κ2) is 59.3. The van der Waals surface area contributed by atoms with Crippen LogP contribution in [0.5, 0.6) is 0 Å². The van der Waals surface area contributed by atoms with Gasteiger partial charge in [0.15, 0.2) is 0 Å². The molecule has 3 unspecified atom stereocenters. The number of nitrogens with zero attached hydrogens (tertiary/aromatic N) is 1. The largest absolute Gasteiger partial charge is 0.756 e. The highest BCUT2D eigenvalue weighted by Gasteiger charge is 2.27. The number of esters is 1. The predicted molar refractivity (Wildman–Crippen MR) is 348 cm³/mol. The molecule has 0 heterocycles. The van der Waals surface area contributed by atoms with Crippen molar-refractivity contribution in [2.75, 3.05) is 40.9 Å². The molecule has 0 bridgehead atoms. The first-order chi connectivity index (χ1) is 39.4. The predicted octanol–water partition coefficient (Wildman–Crippen LogP) is 19.8. The highest BCUT2D eigenvalue weighted by Crippen LogP contribution is 2.38. The van der Waals surface area contributed by atoms with Gasteiger partial charge in [0, 0.05) is 12.8 Å². The number of unbranched alkanes of at least 4 members (excludes halogenated alkanes) is 21. The number of nitrogens with one attached hydrogen (secondary N) is 1. The van der Waals surface area contributed by atoms with Crippen LogP contribution in [0.4, 0.5) is 0 Å². The molecule has 0 spiro atoms. The Bertz CT molecular complexity index is 1850. The first-order valence-corrected chi connectivity index (χ1v) is 34.0. The van der Waals surface area contributed by atoms with E-state index in [1.54, 1.807) is 0 Å². The number of hydrogen-bond donors (Lipinski definition) is 1. The van der Waals surface area contributed by atoms with E-state index in [-0.39, 0.29) is 31.3 Å². The third kappa shape index (κ3) is 60.6. The van der Waals surface area contributed by atoms with Crippen molar-refractivity contribution in [3.63, 3.8) is 0 Å². The molecule has 0 aliphatic heterocycles. The molecule has 0 saturated carbocycles. The van der Waals surface area contributed by atoms with E-state index < -0.39 is 26.6 Å². The standard InChI is InChI=1S/C71H121N2O7P/c1-7-10-13-16-19-22-25-27-29-31-33-34-35-36-37-38-40-42-44-46-49-52-55-58-61-64-71(75)80-69(62-59-56-53-50-47-24-21-18-15-12-9-3)68(67-79-81(76,77)78-66-65-73(4,5)6)72-70(74)63-60-57-54-51-48-45-43-41-39-32-30-28-26-23-20-17-14-11-8-2/h10,13,19-20,22-23,27-30,33-34,36-37,39-42,45,48,59,62,68-69H,7-9,11-12,14-18,21,24-26,31-32,35,38,43-44,46-47,49-58,60-61,63-67H2,1-6H3,(H-,72,74,76,77)/b13-10-,22-19-,23-20-,29-27-,30-28-,34-33-,37-36-,41-39-,42-40-,48-45-,62-59-. The van der Waals surface area contributed by atoms with Crippen LogP contribution in [-0.4, -0.2) is 69.4 Å². The Hall–Kier alpha value is -3.85. The third-order valence-corrected chi connectivity index (χ3v) is 14.5. The normalized spacial score (nSPS) is 14.5. The molecule has 0 aliphatic rings. The molecule has 0 fully saturated rings. The Morgan fingerprint density at radius 1 is 0.444 bits per heavy atom. The molecule has 9 nitrogen and oxygen atoms in total. The minimum atomic E-state index is -4.72. The Morgan fingerprint density at radius 3 is 1.22 bits per heavy atom. The molecular weight excluding hydrogens is 1020 g/mol. The lowest BCUT2D eigenvalue weighted by Crippen LogP contribution is -2.47. The lowest BCUT2D eigenvalue weighted by molar-refractivity contribution is -0.870. The van der Waals surface area contributed by atoms with Crippen molar-refractivity contribution in [2.45, 2.75) is 264 Å². The fraction of sp³-hybridized carbons (Fsp3) is 0.662. The van der Waals surface area contributed by atoms with Gasteiger partial charge in [-0.15, -0.1) is 0 Å². The van der Waals surface area contributed by atoms with Crippen LogP contribution in [0.25, 0.3) is 0 Å². The number of carbonyl (C=O) groups is 2. The number of phosphoric ester groups is 1. The van der Waals surface area contributed by atoms with E-state index in [2.05, 4.69) is 148 Å². The van der Waals surface area contributed by atoms with Crippen LogP contribution in [0.15, 0.2) is 134 Å². The van der Waals surface area contributed by atoms with E-state index in [4.69, 9.17) is 13.8 Å². The number of amides is 1. The van der Waals surface area contributed by atoms with Gasteiger partial charge in [0.1, 0.15) is 19.3 Å². The van der Waals surface area contributed by atoms with Crippen molar-refractivity contribution in [1.82, 2.24) is 5.32 Å². The van der Waals surface area contributed by atoms with E-state index in [0.717, 1.165) is 135 Å². The molecule has 0 aromatic carbocycles. The minimum absolute atomic E-state index is 0.0388. The van der Waals surface area contributed by atoms with E-state index in [9.17, 15) is 19.0 Å². The zero-order valence-electron chi connectivity index (χ0n) is 52.7. The quantitative estimate of drug-likeness (QED) is 0.0212. The van der Waals surface area contributed by atoms with Gasteiger partial charge in [-0.1, -0.05) is 245 Å². The molecule has 10 heteroatoms. The molecule has 81 heavy (non-hydrogen) atoms. The molecule has 1 amide bonds. The van der Waals surface area contributed by atoms with Gasteiger partial charge >= 0.3 is 5.97 Å². The molecule has 0 rings (SSSR count). The summed E-state index contributed by atoms with van der Waals surface area (Å²) in [6.45, 7) is 6.64. The maximum atomic E-state index is 13.5. The van der Waals surface area contributed by atoms with Crippen LogP contribution in [-0.2, 0) is 27.9 Å². The minimum Gasteiger partial charge on any atom is -0.756 e.